The fourth-order valence-corrected chi connectivity index (χ4v) is 3.01. The molecule has 0 aliphatic rings. The second-order valence-electron chi connectivity index (χ2n) is 5.19. The zero-order chi connectivity index (χ0) is 13.1. The average molecular weight is 258 g/mol. The SMILES string of the molecule is C=C[Si](C)(OCCCCCCC)OCC(C)C. The van der Waals surface area contributed by atoms with Gasteiger partial charge in [-0.1, -0.05) is 46.5 Å². The van der Waals surface area contributed by atoms with Crippen molar-refractivity contribution in [3.8, 4) is 0 Å². The summed E-state index contributed by atoms with van der Waals surface area (Å²) in [5.41, 5.74) is 1.89. The first-order valence-electron chi connectivity index (χ1n) is 6.95. The lowest BCUT2D eigenvalue weighted by Crippen LogP contribution is -2.38. The Labute approximate surface area is 109 Å². The molecule has 0 N–H and O–H groups in total. The summed E-state index contributed by atoms with van der Waals surface area (Å²) in [5.74, 6) is 0.551. The number of rotatable bonds is 11. The lowest BCUT2D eigenvalue weighted by molar-refractivity contribution is 0.164. The van der Waals surface area contributed by atoms with Crippen LogP contribution in [0.2, 0.25) is 6.55 Å². The van der Waals surface area contributed by atoms with Crippen molar-refractivity contribution >= 4 is 8.56 Å². The lowest BCUT2D eigenvalue weighted by Gasteiger charge is -2.24. The summed E-state index contributed by atoms with van der Waals surface area (Å²) in [4.78, 5) is 0. The molecule has 0 saturated heterocycles. The highest BCUT2D eigenvalue weighted by molar-refractivity contribution is 6.71. The third-order valence-electron chi connectivity index (χ3n) is 2.71. The van der Waals surface area contributed by atoms with E-state index < -0.39 is 8.56 Å². The van der Waals surface area contributed by atoms with Crippen LogP contribution in [0.25, 0.3) is 0 Å². The predicted molar refractivity (Wildman–Crippen MR) is 77.3 cm³/mol. The lowest BCUT2D eigenvalue weighted by atomic mass is 10.2. The van der Waals surface area contributed by atoms with Crippen molar-refractivity contribution in [2.24, 2.45) is 5.92 Å². The van der Waals surface area contributed by atoms with Gasteiger partial charge in [-0.05, 0) is 24.6 Å². The minimum atomic E-state index is -2.09. The molecule has 0 aliphatic heterocycles. The molecule has 3 heteroatoms. The minimum absolute atomic E-state index is 0.551. The quantitative estimate of drug-likeness (QED) is 0.403. The van der Waals surface area contributed by atoms with Crippen LogP contribution in [0.3, 0.4) is 0 Å². The molecule has 0 amide bonds. The van der Waals surface area contributed by atoms with Crippen LogP contribution in [0, 0.1) is 5.92 Å². The van der Waals surface area contributed by atoms with Crippen molar-refractivity contribution in [3.05, 3.63) is 12.3 Å². The van der Waals surface area contributed by atoms with Crippen molar-refractivity contribution < 1.29 is 8.85 Å². The molecule has 17 heavy (non-hydrogen) atoms. The summed E-state index contributed by atoms with van der Waals surface area (Å²) in [6.07, 6.45) is 6.34. The van der Waals surface area contributed by atoms with Crippen molar-refractivity contribution in [1.29, 1.82) is 0 Å². The van der Waals surface area contributed by atoms with E-state index in [1.54, 1.807) is 0 Å². The summed E-state index contributed by atoms with van der Waals surface area (Å²) in [7, 11) is -2.09. The van der Waals surface area contributed by atoms with Gasteiger partial charge in [0.05, 0.1) is 0 Å². The first kappa shape index (κ1) is 16.9. The van der Waals surface area contributed by atoms with E-state index in [1.165, 1.54) is 25.7 Å². The Morgan fingerprint density at radius 3 is 2.29 bits per heavy atom. The van der Waals surface area contributed by atoms with Crippen LogP contribution in [0.4, 0.5) is 0 Å². The fourth-order valence-electron chi connectivity index (χ4n) is 1.47. The summed E-state index contributed by atoms with van der Waals surface area (Å²) in [5, 5.41) is 0. The van der Waals surface area contributed by atoms with Crippen molar-refractivity contribution in [3.63, 3.8) is 0 Å². The second-order valence-corrected chi connectivity index (χ2v) is 8.21. The van der Waals surface area contributed by atoms with Crippen LogP contribution >= 0.6 is 0 Å². The molecule has 0 aromatic heterocycles. The molecular formula is C14H30O2Si. The second kappa shape index (κ2) is 9.86. The van der Waals surface area contributed by atoms with Gasteiger partial charge in [0.15, 0.2) is 0 Å². The van der Waals surface area contributed by atoms with E-state index in [1.807, 2.05) is 5.70 Å². The largest absolute Gasteiger partial charge is 0.391 e. The standard InChI is InChI=1S/C14H30O2Si/c1-6-8-9-10-11-12-15-17(5,7-2)16-13-14(3)4/h7,14H,2,6,8-13H2,1,3-5H3. The maximum atomic E-state index is 5.91. The number of hydrogen-bond donors (Lipinski definition) is 0. The molecule has 0 spiro atoms. The first-order valence-corrected chi connectivity index (χ1v) is 9.35. The van der Waals surface area contributed by atoms with Crippen LogP contribution in [-0.4, -0.2) is 21.8 Å². The molecule has 0 bridgehead atoms. The molecular weight excluding hydrogens is 228 g/mol. The molecule has 0 saturated carbocycles. The number of hydrogen-bond acceptors (Lipinski definition) is 2. The molecule has 0 aromatic carbocycles. The van der Waals surface area contributed by atoms with Crippen LogP contribution in [0.15, 0.2) is 12.3 Å². The van der Waals surface area contributed by atoms with E-state index >= 15 is 0 Å². The highest BCUT2D eigenvalue weighted by Gasteiger charge is 2.27. The normalized spacial score (nSPS) is 14.9. The molecule has 0 heterocycles. The van der Waals surface area contributed by atoms with Crippen LogP contribution in [-0.2, 0) is 8.85 Å². The van der Waals surface area contributed by atoms with E-state index in [-0.39, 0.29) is 0 Å². The van der Waals surface area contributed by atoms with E-state index in [2.05, 4.69) is 33.9 Å². The maximum Gasteiger partial charge on any atom is 0.361 e. The number of unbranched alkanes of at least 4 members (excludes halogenated alkanes) is 4. The molecule has 0 aromatic rings. The van der Waals surface area contributed by atoms with E-state index in [9.17, 15) is 0 Å². The van der Waals surface area contributed by atoms with Gasteiger partial charge in [0.1, 0.15) is 0 Å². The molecule has 1 atom stereocenters. The Kier molecular flexibility index (Phi) is 9.79. The van der Waals surface area contributed by atoms with Gasteiger partial charge in [-0.3, -0.25) is 0 Å². The molecule has 0 aliphatic carbocycles. The van der Waals surface area contributed by atoms with Gasteiger partial charge in [-0.25, -0.2) is 0 Å². The zero-order valence-electron chi connectivity index (χ0n) is 12.1. The summed E-state index contributed by atoms with van der Waals surface area (Å²) < 4.78 is 11.8. The molecule has 102 valence electrons. The van der Waals surface area contributed by atoms with Gasteiger partial charge in [-0.15, -0.1) is 6.58 Å². The monoisotopic (exact) mass is 258 g/mol. The summed E-state index contributed by atoms with van der Waals surface area (Å²) >= 11 is 0. The predicted octanol–water partition coefficient (Wildman–Crippen LogP) is 4.44. The smallest absolute Gasteiger partial charge is 0.361 e. The van der Waals surface area contributed by atoms with Crippen molar-refractivity contribution in [2.45, 2.75) is 59.4 Å². The molecule has 0 fully saturated rings. The summed E-state index contributed by atoms with van der Waals surface area (Å²) in [6, 6.07) is 0. The van der Waals surface area contributed by atoms with Gasteiger partial charge < -0.3 is 8.85 Å². The van der Waals surface area contributed by atoms with Crippen molar-refractivity contribution in [2.75, 3.05) is 13.2 Å². The molecule has 0 rings (SSSR count). The molecule has 1 unspecified atom stereocenters. The fraction of sp³-hybridized carbons (Fsp3) is 0.857. The molecule has 2 nitrogen and oxygen atoms in total. The summed E-state index contributed by atoms with van der Waals surface area (Å²) in [6.45, 7) is 14.1. The topological polar surface area (TPSA) is 18.5 Å². The van der Waals surface area contributed by atoms with Gasteiger partial charge in [-0.2, -0.15) is 0 Å². The Balaban J connectivity index is 3.68. The van der Waals surface area contributed by atoms with Gasteiger partial charge in [0.25, 0.3) is 0 Å². The van der Waals surface area contributed by atoms with Crippen molar-refractivity contribution in [1.82, 2.24) is 0 Å². The maximum absolute atomic E-state index is 5.91. The van der Waals surface area contributed by atoms with Gasteiger partial charge in [0, 0.05) is 13.2 Å². The highest BCUT2D eigenvalue weighted by atomic mass is 28.4. The zero-order valence-corrected chi connectivity index (χ0v) is 13.1. The minimum Gasteiger partial charge on any atom is -0.391 e. The highest BCUT2D eigenvalue weighted by Crippen LogP contribution is 2.12. The first-order chi connectivity index (χ1) is 8.04. The van der Waals surface area contributed by atoms with E-state index in [0.29, 0.717) is 5.92 Å². The van der Waals surface area contributed by atoms with E-state index in [0.717, 1.165) is 19.6 Å². The van der Waals surface area contributed by atoms with Crippen LogP contribution in [0.1, 0.15) is 52.9 Å². The Morgan fingerprint density at radius 1 is 1.12 bits per heavy atom. The van der Waals surface area contributed by atoms with Gasteiger partial charge >= 0.3 is 8.56 Å². The average Bonchev–Trinajstić information content (AvgIpc) is 2.31. The Bertz CT molecular complexity index is 195. The third kappa shape index (κ3) is 9.57. The molecule has 0 radical (unpaired) electrons. The Morgan fingerprint density at radius 2 is 1.76 bits per heavy atom. The van der Waals surface area contributed by atoms with Crippen LogP contribution < -0.4 is 0 Å². The van der Waals surface area contributed by atoms with Gasteiger partial charge in [0.2, 0.25) is 0 Å². The Hall–Kier alpha value is -0.123. The van der Waals surface area contributed by atoms with E-state index in [4.69, 9.17) is 8.85 Å². The third-order valence-corrected chi connectivity index (χ3v) is 4.97. The van der Waals surface area contributed by atoms with Crippen LogP contribution in [0.5, 0.6) is 0 Å².